The zero-order valence-electron chi connectivity index (χ0n) is 9.95. The predicted molar refractivity (Wildman–Crippen MR) is 65.2 cm³/mol. The SMILES string of the molecule is CCC(C)CN(C)Cc1nnc(NC)s1. The van der Waals surface area contributed by atoms with Gasteiger partial charge in [-0.05, 0) is 13.0 Å². The molecule has 86 valence electrons. The van der Waals surface area contributed by atoms with E-state index < -0.39 is 0 Å². The standard InChI is InChI=1S/C10H20N4S/c1-5-8(2)6-14(4)7-9-12-13-10(11-3)15-9/h8H,5-7H2,1-4H3,(H,11,13). The first-order valence-electron chi connectivity index (χ1n) is 5.34. The van der Waals surface area contributed by atoms with Gasteiger partial charge in [0.25, 0.3) is 0 Å². The van der Waals surface area contributed by atoms with Crippen molar-refractivity contribution in [1.29, 1.82) is 0 Å². The molecule has 0 amide bonds. The second kappa shape index (κ2) is 6.02. The molecule has 0 saturated carbocycles. The monoisotopic (exact) mass is 228 g/mol. The molecule has 4 nitrogen and oxygen atoms in total. The Morgan fingerprint density at radius 2 is 2.20 bits per heavy atom. The number of hydrogen-bond acceptors (Lipinski definition) is 5. The van der Waals surface area contributed by atoms with Gasteiger partial charge in [-0.2, -0.15) is 0 Å². The Morgan fingerprint density at radius 3 is 2.73 bits per heavy atom. The summed E-state index contributed by atoms with van der Waals surface area (Å²) in [6.07, 6.45) is 1.22. The highest BCUT2D eigenvalue weighted by atomic mass is 32.1. The number of nitrogens with one attached hydrogen (secondary N) is 1. The van der Waals surface area contributed by atoms with Gasteiger partial charge < -0.3 is 5.32 Å². The molecule has 1 unspecified atom stereocenters. The van der Waals surface area contributed by atoms with Crippen molar-refractivity contribution in [1.82, 2.24) is 15.1 Å². The summed E-state index contributed by atoms with van der Waals surface area (Å²) in [5, 5.41) is 13.1. The van der Waals surface area contributed by atoms with Crippen LogP contribution in [-0.4, -0.2) is 35.7 Å². The molecule has 1 rings (SSSR count). The molecule has 0 aromatic carbocycles. The Kier molecular flexibility index (Phi) is 4.98. The lowest BCUT2D eigenvalue weighted by molar-refractivity contribution is 0.274. The van der Waals surface area contributed by atoms with Crippen LogP contribution in [0.2, 0.25) is 0 Å². The van der Waals surface area contributed by atoms with E-state index in [4.69, 9.17) is 0 Å². The van der Waals surface area contributed by atoms with Crippen LogP contribution in [-0.2, 0) is 6.54 Å². The summed E-state index contributed by atoms with van der Waals surface area (Å²) in [6.45, 7) is 6.51. The summed E-state index contributed by atoms with van der Waals surface area (Å²) >= 11 is 1.62. The molecule has 0 aliphatic heterocycles. The summed E-state index contributed by atoms with van der Waals surface area (Å²) in [7, 11) is 4.00. The molecule has 5 heteroatoms. The molecular formula is C10H20N4S. The summed E-state index contributed by atoms with van der Waals surface area (Å²) < 4.78 is 0. The number of rotatable bonds is 6. The Bertz CT molecular complexity index is 287. The van der Waals surface area contributed by atoms with Crippen LogP contribution in [0.15, 0.2) is 0 Å². The van der Waals surface area contributed by atoms with Crippen LogP contribution >= 0.6 is 11.3 Å². The van der Waals surface area contributed by atoms with E-state index in [9.17, 15) is 0 Å². The van der Waals surface area contributed by atoms with Gasteiger partial charge in [-0.15, -0.1) is 10.2 Å². The molecule has 1 heterocycles. The van der Waals surface area contributed by atoms with Crippen molar-refractivity contribution in [2.45, 2.75) is 26.8 Å². The van der Waals surface area contributed by atoms with Gasteiger partial charge in [0.15, 0.2) is 0 Å². The van der Waals surface area contributed by atoms with E-state index in [-0.39, 0.29) is 0 Å². The molecule has 0 radical (unpaired) electrons. The Morgan fingerprint density at radius 1 is 1.47 bits per heavy atom. The van der Waals surface area contributed by atoms with Gasteiger partial charge in [0.1, 0.15) is 5.01 Å². The second-order valence-electron chi connectivity index (χ2n) is 3.96. The van der Waals surface area contributed by atoms with E-state index in [0.717, 1.165) is 29.1 Å². The van der Waals surface area contributed by atoms with Gasteiger partial charge in [0.05, 0.1) is 6.54 Å². The van der Waals surface area contributed by atoms with Crippen molar-refractivity contribution < 1.29 is 0 Å². The summed E-state index contributed by atoms with van der Waals surface area (Å²) in [4.78, 5) is 2.30. The highest BCUT2D eigenvalue weighted by Crippen LogP contribution is 2.16. The topological polar surface area (TPSA) is 41.1 Å². The fourth-order valence-corrected chi connectivity index (χ4v) is 2.15. The molecule has 1 N–H and O–H groups in total. The summed E-state index contributed by atoms with van der Waals surface area (Å²) in [5.74, 6) is 0.742. The van der Waals surface area contributed by atoms with Crippen molar-refractivity contribution in [3.63, 3.8) is 0 Å². The van der Waals surface area contributed by atoms with Crippen molar-refractivity contribution in [3.05, 3.63) is 5.01 Å². The molecule has 1 atom stereocenters. The minimum Gasteiger partial charge on any atom is -0.363 e. The minimum absolute atomic E-state index is 0.742. The lowest BCUT2D eigenvalue weighted by Gasteiger charge is -2.18. The molecule has 0 aliphatic rings. The maximum atomic E-state index is 4.12. The average molecular weight is 228 g/mol. The van der Waals surface area contributed by atoms with Crippen LogP contribution in [0, 0.1) is 5.92 Å². The summed E-state index contributed by atoms with van der Waals surface area (Å²) in [6, 6.07) is 0. The van der Waals surface area contributed by atoms with E-state index in [1.54, 1.807) is 11.3 Å². The average Bonchev–Trinajstić information content (AvgIpc) is 2.65. The van der Waals surface area contributed by atoms with Crippen LogP contribution in [0.3, 0.4) is 0 Å². The molecule has 15 heavy (non-hydrogen) atoms. The molecule has 0 saturated heterocycles. The third-order valence-electron chi connectivity index (χ3n) is 2.41. The predicted octanol–water partition coefficient (Wildman–Crippen LogP) is 2.06. The third kappa shape index (κ3) is 4.13. The van der Waals surface area contributed by atoms with Gasteiger partial charge in [-0.3, -0.25) is 4.90 Å². The van der Waals surface area contributed by atoms with Gasteiger partial charge in [-0.1, -0.05) is 31.6 Å². The minimum atomic E-state index is 0.742. The van der Waals surface area contributed by atoms with Crippen molar-refractivity contribution in [3.8, 4) is 0 Å². The normalized spacial score (nSPS) is 13.1. The first kappa shape index (κ1) is 12.4. The fourth-order valence-electron chi connectivity index (χ4n) is 1.38. The van der Waals surface area contributed by atoms with Crippen LogP contribution < -0.4 is 5.32 Å². The lowest BCUT2D eigenvalue weighted by atomic mass is 10.1. The Hall–Kier alpha value is -0.680. The van der Waals surface area contributed by atoms with E-state index in [2.05, 4.69) is 41.3 Å². The first-order chi connectivity index (χ1) is 7.15. The van der Waals surface area contributed by atoms with Crippen LogP contribution in [0.1, 0.15) is 25.3 Å². The molecule has 0 bridgehead atoms. The largest absolute Gasteiger partial charge is 0.363 e. The van der Waals surface area contributed by atoms with Crippen molar-refractivity contribution in [2.75, 3.05) is 26.0 Å². The Balaban J connectivity index is 2.40. The number of anilines is 1. The van der Waals surface area contributed by atoms with Crippen molar-refractivity contribution >= 4 is 16.5 Å². The van der Waals surface area contributed by atoms with Crippen molar-refractivity contribution in [2.24, 2.45) is 5.92 Å². The highest BCUT2D eigenvalue weighted by molar-refractivity contribution is 7.15. The maximum Gasteiger partial charge on any atom is 0.205 e. The Labute approximate surface area is 95.7 Å². The number of aromatic nitrogens is 2. The molecule has 0 spiro atoms. The van der Waals surface area contributed by atoms with Crippen LogP contribution in [0.5, 0.6) is 0 Å². The smallest absolute Gasteiger partial charge is 0.205 e. The molecule has 1 aromatic rings. The van der Waals surface area contributed by atoms with Gasteiger partial charge >= 0.3 is 0 Å². The van der Waals surface area contributed by atoms with Crippen LogP contribution in [0.4, 0.5) is 5.13 Å². The van der Waals surface area contributed by atoms with Crippen LogP contribution in [0.25, 0.3) is 0 Å². The number of nitrogens with zero attached hydrogens (tertiary/aromatic N) is 3. The maximum absolute atomic E-state index is 4.12. The summed E-state index contributed by atoms with van der Waals surface area (Å²) in [5.41, 5.74) is 0. The quantitative estimate of drug-likeness (QED) is 0.809. The highest BCUT2D eigenvalue weighted by Gasteiger charge is 2.08. The van der Waals surface area contributed by atoms with E-state index >= 15 is 0 Å². The zero-order chi connectivity index (χ0) is 11.3. The molecule has 0 aliphatic carbocycles. The molecule has 1 aromatic heterocycles. The van der Waals surface area contributed by atoms with Gasteiger partial charge in [-0.25, -0.2) is 0 Å². The van der Waals surface area contributed by atoms with E-state index in [0.29, 0.717) is 0 Å². The molecule has 0 fully saturated rings. The first-order valence-corrected chi connectivity index (χ1v) is 6.16. The third-order valence-corrected chi connectivity index (χ3v) is 3.33. The number of hydrogen-bond donors (Lipinski definition) is 1. The van der Waals surface area contributed by atoms with E-state index in [1.807, 2.05) is 7.05 Å². The van der Waals surface area contributed by atoms with E-state index in [1.165, 1.54) is 6.42 Å². The fraction of sp³-hybridized carbons (Fsp3) is 0.800. The van der Waals surface area contributed by atoms with Gasteiger partial charge in [0, 0.05) is 13.6 Å². The second-order valence-corrected chi connectivity index (χ2v) is 5.02. The zero-order valence-corrected chi connectivity index (χ0v) is 10.8. The van der Waals surface area contributed by atoms with Gasteiger partial charge in [0.2, 0.25) is 5.13 Å². The molecular weight excluding hydrogens is 208 g/mol. The lowest BCUT2D eigenvalue weighted by Crippen LogP contribution is -2.23.